The molecule has 0 saturated carbocycles. The Hall–Kier alpha value is -2.60. The summed E-state index contributed by atoms with van der Waals surface area (Å²) in [6.07, 6.45) is 0. The zero-order chi connectivity index (χ0) is 31.0. The van der Waals surface area contributed by atoms with Crippen molar-refractivity contribution in [1.82, 2.24) is 0 Å². The minimum absolute atomic E-state index is 0. The minimum Gasteiger partial charge on any atom is -0.496 e. The summed E-state index contributed by atoms with van der Waals surface area (Å²) in [7, 11) is 9.85. The Balaban J connectivity index is 0.000000351. The molecule has 4 heteroatoms. The maximum Gasteiger partial charge on any atom is 3.00 e. The summed E-state index contributed by atoms with van der Waals surface area (Å²) < 4.78 is 5.84. The summed E-state index contributed by atoms with van der Waals surface area (Å²) in [5.41, 5.74) is 9.67. The van der Waals surface area contributed by atoms with Gasteiger partial charge in [-0.15, -0.1) is 17.7 Å². The zero-order valence-corrected chi connectivity index (χ0v) is 29.4. The van der Waals surface area contributed by atoms with Gasteiger partial charge in [-0.05, 0) is 57.1 Å². The summed E-state index contributed by atoms with van der Waals surface area (Å²) in [4.78, 5) is 4.12. The molecule has 0 aliphatic heterocycles. The Labute approximate surface area is 286 Å². The quantitative estimate of drug-likeness (QED) is 0.192. The molecule has 0 spiro atoms. The van der Waals surface area contributed by atoms with Crippen molar-refractivity contribution in [2.24, 2.45) is 0 Å². The second-order valence-corrected chi connectivity index (χ2v) is 12.5. The van der Waals surface area contributed by atoms with Gasteiger partial charge in [0.05, 0.1) is 7.11 Å². The summed E-state index contributed by atoms with van der Waals surface area (Å²) in [6, 6.07) is 29.3. The number of rotatable bonds is 5. The Morgan fingerprint density at radius 2 is 1.07 bits per heavy atom. The fourth-order valence-corrected chi connectivity index (χ4v) is 4.85. The molecule has 0 unspecified atom stereocenters. The molecule has 0 aliphatic carbocycles. The van der Waals surface area contributed by atoms with Gasteiger partial charge in [-0.2, -0.15) is 49.2 Å². The van der Waals surface area contributed by atoms with E-state index in [1.807, 2.05) is 64.6 Å². The van der Waals surface area contributed by atoms with E-state index in [-0.39, 0.29) is 48.1 Å². The molecule has 4 aromatic rings. The van der Waals surface area contributed by atoms with Gasteiger partial charge >= 0.3 is 37.3 Å². The molecule has 0 saturated heterocycles. The summed E-state index contributed by atoms with van der Waals surface area (Å²) >= 11 is 0. The van der Waals surface area contributed by atoms with Crippen LogP contribution in [0.2, 0.25) is 0 Å². The van der Waals surface area contributed by atoms with Crippen LogP contribution in [0, 0.1) is 58.1 Å². The van der Waals surface area contributed by atoms with E-state index in [0.29, 0.717) is 0 Å². The largest absolute Gasteiger partial charge is 3.00 e. The molecule has 0 heterocycles. The first kappa shape index (κ1) is 37.4. The van der Waals surface area contributed by atoms with Crippen molar-refractivity contribution < 1.29 is 42.0 Å². The van der Waals surface area contributed by atoms with Crippen molar-refractivity contribution in [1.29, 1.82) is 0 Å². The van der Waals surface area contributed by atoms with Crippen molar-refractivity contribution in [2.75, 3.05) is 45.1 Å². The smallest absolute Gasteiger partial charge is 0.496 e. The first-order valence-electron chi connectivity index (χ1n) is 14.2. The van der Waals surface area contributed by atoms with Gasteiger partial charge in [-0.3, -0.25) is 0 Å². The summed E-state index contributed by atoms with van der Waals surface area (Å²) in [6.45, 7) is 21.2. The molecule has 1 radical (unpaired) electrons. The van der Waals surface area contributed by atoms with E-state index in [0.717, 1.165) is 16.9 Å². The van der Waals surface area contributed by atoms with E-state index in [9.17, 15) is 0 Å². The van der Waals surface area contributed by atoms with Gasteiger partial charge in [0.1, 0.15) is 5.75 Å². The molecule has 42 heavy (non-hydrogen) atoms. The van der Waals surface area contributed by atoms with Crippen LogP contribution in [0.1, 0.15) is 68.0 Å². The van der Waals surface area contributed by atoms with Gasteiger partial charge in [-0.25, -0.2) is 12.1 Å². The van der Waals surface area contributed by atoms with Gasteiger partial charge in [0.25, 0.3) is 0 Å². The van der Waals surface area contributed by atoms with Gasteiger partial charge in [0.2, 0.25) is 0 Å². The molecule has 0 aliphatic rings. The van der Waals surface area contributed by atoms with Crippen molar-refractivity contribution in [3.8, 4) is 5.75 Å². The van der Waals surface area contributed by atoms with E-state index in [1.54, 1.807) is 7.11 Å². The van der Waals surface area contributed by atoms with Crippen molar-refractivity contribution in [2.45, 2.75) is 52.4 Å². The van der Waals surface area contributed by atoms with E-state index < -0.39 is 0 Å². The van der Waals surface area contributed by atoms with Gasteiger partial charge < -0.3 is 14.5 Å². The van der Waals surface area contributed by atoms with Crippen LogP contribution in [0.3, 0.4) is 0 Å². The standard InChI is InChI=1S/C20H27O.2C9H12N.Er/c1-14-12-16(19(2,3)4)18(21-7)17(13-14)20(5,6)15-10-8-9-11-15;2*1-8-6-4-5-7-9(8)10(2)3;/h8-13H,1-7H3;2*4-7H,1H2,2-3H3;/q3*-1;+3. The average Bonchev–Trinajstić information content (AvgIpc) is 3.45. The second-order valence-electron chi connectivity index (χ2n) is 12.5. The predicted molar refractivity (Wildman–Crippen MR) is 181 cm³/mol. The number of methoxy groups -OCH3 is 1. The number of hydrogen-bond acceptors (Lipinski definition) is 3. The SMILES string of the molecule is COc1c(C(C)(C)C)cc(C)cc1C(C)(C)[c-]1cccc1.[CH2-]c1ccccc1N(C)C.[CH2-]c1ccccc1N(C)C.[Er+3]. The molecular weight excluding hydrogens is 668 g/mol. The fourth-order valence-electron chi connectivity index (χ4n) is 4.85. The van der Waals surface area contributed by atoms with Gasteiger partial charge in [-0.1, -0.05) is 88.0 Å². The van der Waals surface area contributed by atoms with Crippen LogP contribution >= 0.6 is 0 Å². The minimum atomic E-state index is -0.0686. The molecular formula is C38H51ErN2O. The van der Waals surface area contributed by atoms with E-state index in [1.165, 1.54) is 33.6 Å². The monoisotopic (exact) mass is 717 g/mol. The third kappa shape index (κ3) is 10.00. The molecule has 0 amide bonds. The van der Waals surface area contributed by atoms with Crippen LogP contribution < -0.4 is 14.5 Å². The third-order valence-electron chi connectivity index (χ3n) is 7.25. The summed E-state index contributed by atoms with van der Waals surface area (Å²) in [5.74, 6) is 1.03. The Bertz CT molecular complexity index is 1310. The first-order chi connectivity index (χ1) is 19.1. The van der Waals surface area contributed by atoms with Crippen molar-refractivity contribution in [3.05, 3.63) is 132 Å². The topological polar surface area (TPSA) is 15.7 Å². The molecule has 0 N–H and O–H groups in total. The molecule has 0 fully saturated rings. The molecule has 0 atom stereocenters. The van der Waals surface area contributed by atoms with Gasteiger partial charge in [0, 0.05) is 0 Å². The van der Waals surface area contributed by atoms with Crippen LogP contribution in [-0.2, 0) is 10.8 Å². The van der Waals surface area contributed by atoms with Crippen molar-refractivity contribution >= 4 is 11.4 Å². The second kappa shape index (κ2) is 16.3. The molecule has 4 aromatic carbocycles. The van der Waals surface area contributed by atoms with Crippen LogP contribution in [-0.4, -0.2) is 35.3 Å². The van der Waals surface area contributed by atoms with Gasteiger partial charge in [0.15, 0.2) is 0 Å². The predicted octanol–water partition coefficient (Wildman–Crippen LogP) is 9.22. The number of ether oxygens (including phenoxy) is 1. The zero-order valence-electron chi connectivity index (χ0n) is 27.6. The summed E-state index contributed by atoms with van der Waals surface area (Å²) in [5, 5.41) is 0. The molecule has 0 aromatic heterocycles. The Morgan fingerprint density at radius 1 is 0.667 bits per heavy atom. The Kier molecular flexibility index (Phi) is 14.5. The molecule has 231 valence electrons. The number of hydrogen-bond donors (Lipinski definition) is 0. The average molecular weight is 719 g/mol. The number of benzene rings is 3. The van der Waals surface area contributed by atoms with Crippen molar-refractivity contribution in [3.63, 3.8) is 0 Å². The molecule has 3 nitrogen and oxygen atoms in total. The molecule has 0 bridgehead atoms. The normalized spacial score (nSPS) is 10.7. The van der Waals surface area contributed by atoms with Crippen LogP contribution in [0.15, 0.2) is 84.9 Å². The first-order valence-corrected chi connectivity index (χ1v) is 14.2. The number of para-hydroxylation sites is 2. The maximum atomic E-state index is 5.84. The van der Waals surface area contributed by atoms with E-state index in [4.69, 9.17) is 4.74 Å². The number of nitrogens with zero attached hydrogens (tertiary/aromatic N) is 2. The van der Waals surface area contributed by atoms with E-state index in [2.05, 4.69) is 114 Å². The Morgan fingerprint density at radius 3 is 1.40 bits per heavy atom. The third-order valence-corrected chi connectivity index (χ3v) is 7.25. The molecule has 4 rings (SSSR count). The van der Waals surface area contributed by atoms with Crippen LogP contribution in [0.5, 0.6) is 5.75 Å². The number of anilines is 2. The fraction of sp³-hybridized carbons (Fsp3) is 0.342. The number of aryl methyl sites for hydroxylation is 1. The van der Waals surface area contributed by atoms with E-state index >= 15 is 0 Å². The van der Waals surface area contributed by atoms with Crippen LogP contribution in [0.25, 0.3) is 0 Å². The van der Waals surface area contributed by atoms with Crippen LogP contribution in [0.4, 0.5) is 11.4 Å². The maximum absolute atomic E-state index is 5.84.